The first-order valence-corrected chi connectivity index (χ1v) is 10.3. The van der Waals surface area contributed by atoms with Crippen LogP contribution < -0.4 is 10.0 Å². The summed E-state index contributed by atoms with van der Waals surface area (Å²) in [6, 6.07) is 10.4. The lowest BCUT2D eigenvalue weighted by Gasteiger charge is -2.11. The number of carbonyl (C=O) groups excluding carboxylic acids is 1. The topological polar surface area (TPSA) is 75.3 Å². The highest BCUT2D eigenvalue weighted by Gasteiger charge is 2.18. The third-order valence-corrected chi connectivity index (χ3v) is 5.69. The molecule has 1 amide bonds. The van der Waals surface area contributed by atoms with Crippen LogP contribution in [0.15, 0.2) is 47.4 Å². The smallest absolute Gasteiger partial charge is 0.263 e. The molecular weight excluding hydrogens is 395 g/mol. The van der Waals surface area contributed by atoms with Crippen molar-refractivity contribution in [2.45, 2.75) is 25.2 Å². The SMILES string of the molecule is CC(C)CCNC(=O)c1ccc(NS(=O)(=O)c2cc(Cl)ccc2Cl)cc1. The fourth-order valence-corrected chi connectivity index (χ4v) is 3.98. The number of benzene rings is 2. The molecule has 0 heterocycles. The van der Waals surface area contributed by atoms with E-state index in [9.17, 15) is 13.2 Å². The number of halogens is 2. The van der Waals surface area contributed by atoms with Gasteiger partial charge in [0.2, 0.25) is 0 Å². The zero-order valence-corrected chi connectivity index (χ0v) is 16.8. The summed E-state index contributed by atoms with van der Waals surface area (Å²) < 4.78 is 27.4. The Balaban J connectivity index is 2.09. The van der Waals surface area contributed by atoms with Gasteiger partial charge in [-0.15, -0.1) is 0 Å². The molecule has 0 saturated heterocycles. The standard InChI is InChI=1S/C18H20Cl2N2O3S/c1-12(2)9-10-21-18(23)13-3-6-15(7-4-13)22-26(24,25)17-11-14(19)5-8-16(17)20/h3-8,11-12,22H,9-10H2,1-2H3,(H,21,23). The van der Waals surface area contributed by atoms with Gasteiger partial charge in [0, 0.05) is 22.8 Å². The van der Waals surface area contributed by atoms with Crippen LogP contribution in [0.5, 0.6) is 0 Å². The summed E-state index contributed by atoms with van der Waals surface area (Å²) in [7, 11) is -3.89. The van der Waals surface area contributed by atoms with Crippen LogP contribution in [-0.2, 0) is 10.0 Å². The van der Waals surface area contributed by atoms with E-state index >= 15 is 0 Å². The van der Waals surface area contributed by atoms with E-state index in [4.69, 9.17) is 23.2 Å². The minimum atomic E-state index is -3.89. The van der Waals surface area contributed by atoms with Crippen LogP contribution in [-0.4, -0.2) is 20.9 Å². The molecule has 0 aliphatic carbocycles. The molecule has 2 rings (SSSR count). The maximum Gasteiger partial charge on any atom is 0.263 e. The quantitative estimate of drug-likeness (QED) is 0.696. The monoisotopic (exact) mass is 414 g/mol. The first kappa shape index (κ1) is 20.6. The van der Waals surface area contributed by atoms with Gasteiger partial charge < -0.3 is 5.32 Å². The van der Waals surface area contributed by atoms with Crippen molar-refractivity contribution in [3.8, 4) is 0 Å². The van der Waals surface area contributed by atoms with E-state index < -0.39 is 10.0 Å². The second-order valence-electron chi connectivity index (χ2n) is 6.20. The van der Waals surface area contributed by atoms with Crippen molar-refractivity contribution in [1.82, 2.24) is 5.32 Å². The molecule has 2 aromatic carbocycles. The van der Waals surface area contributed by atoms with Gasteiger partial charge in [-0.3, -0.25) is 9.52 Å². The van der Waals surface area contributed by atoms with E-state index in [2.05, 4.69) is 23.9 Å². The Morgan fingerprint density at radius 3 is 2.35 bits per heavy atom. The molecule has 0 radical (unpaired) electrons. The molecule has 0 spiro atoms. The number of hydrogen-bond acceptors (Lipinski definition) is 3. The minimum absolute atomic E-state index is 0.0723. The fourth-order valence-electron chi connectivity index (χ4n) is 2.16. The number of sulfonamides is 1. The molecule has 0 atom stereocenters. The predicted molar refractivity (Wildman–Crippen MR) is 106 cm³/mol. The van der Waals surface area contributed by atoms with Gasteiger partial charge in [-0.05, 0) is 54.8 Å². The molecule has 0 aliphatic rings. The summed E-state index contributed by atoms with van der Waals surface area (Å²) in [4.78, 5) is 11.9. The minimum Gasteiger partial charge on any atom is -0.352 e. The molecule has 26 heavy (non-hydrogen) atoms. The molecule has 2 N–H and O–H groups in total. The van der Waals surface area contributed by atoms with Crippen molar-refractivity contribution in [1.29, 1.82) is 0 Å². The highest BCUT2D eigenvalue weighted by atomic mass is 35.5. The van der Waals surface area contributed by atoms with Gasteiger partial charge in [0.1, 0.15) is 4.90 Å². The second kappa shape index (κ2) is 8.75. The average Bonchev–Trinajstić information content (AvgIpc) is 2.57. The fraction of sp³-hybridized carbons (Fsp3) is 0.278. The number of amides is 1. The van der Waals surface area contributed by atoms with E-state index in [-0.39, 0.29) is 20.8 Å². The third-order valence-electron chi connectivity index (χ3n) is 3.59. The summed E-state index contributed by atoms with van der Waals surface area (Å²) in [5.74, 6) is 0.309. The van der Waals surface area contributed by atoms with Crippen LogP contribution in [0.25, 0.3) is 0 Å². The molecule has 0 aromatic heterocycles. The van der Waals surface area contributed by atoms with Crippen LogP contribution in [0.3, 0.4) is 0 Å². The Labute approximate surface area is 163 Å². The first-order valence-electron chi connectivity index (χ1n) is 8.05. The highest BCUT2D eigenvalue weighted by Crippen LogP contribution is 2.26. The molecule has 8 heteroatoms. The lowest BCUT2D eigenvalue weighted by Crippen LogP contribution is -2.25. The number of hydrogen-bond donors (Lipinski definition) is 2. The summed E-state index contributed by atoms with van der Waals surface area (Å²) in [6.45, 7) is 4.76. The lowest BCUT2D eigenvalue weighted by molar-refractivity contribution is 0.0952. The van der Waals surface area contributed by atoms with Crippen molar-refractivity contribution in [3.63, 3.8) is 0 Å². The molecule has 140 valence electrons. The Hall–Kier alpha value is -1.76. The maximum atomic E-state index is 12.5. The molecule has 0 saturated carbocycles. The van der Waals surface area contributed by atoms with Crippen molar-refractivity contribution >= 4 is 44.8 Å². The summed E-state index contributed by atoms with van der Waals surface area (Å²) >= 11 is 11.8. The second-order valence-corrected chi connectivity index (χ2v) is 8.69. The normalized spacial score (nSPS) is 11.4. The summed E-state index contributed by atoms with van der Waals surface area (Å²) in [5, 5.41) is 3.17. The van der Waals surface area contributed by atoms with Crippen LogP contribution in [0.4, 0.5) is 5.69 Å². The number of rotatable bonds is 7. The zero-order valence-electron chi connectivity index (χ0n) is 14.4. The predicted octanol–water partition coefficient (Wildman–Crippen LogP) is 4.57. The van der Waals surface area contributed by atoms with Crippen LogP contribution in [0.1, 0.15) is 30.6 Å². The molecule has 0 unspecified atom stereocenters. The Morgan fingerprint density at radius 2 is 1.73 bits per heavy atom. The van der Waals surface area contributed by atoms with Crippen molar-refractivity contribution in [3.05, 3.63) is 58.1 Å². The largest absolute Gasteiger partial charge is 0.352 e. The van der Waals surface area contributed by atoms with Crippen molar-refractivity contribution < 1.29 is 13.2 Å². The Morgan fingerprint density at radius 1 is 1.08 bits per heavy atom. The van der Waals surface area contributed by atoms with E-state index in [1.807, 2.05) is 0 Å². The van der Waals surface area contributed by atoms with Gasteiger partial charge >= 0.3 is 0 Å². The van der Waals surface area contributed by atoms with Crippen LogP contribution in [0, 0.1) is 5.92 Å². The van der Waals surface area contributed by atoms with E-state index in [0.29, 0.717) is 23.7 Å². The van der Waals surface area contributed by atoms with E-state index in [1.165, 1.54) is 30.3 Å². The lowest BCUT2D eigenvalue weighted by atomic mass is 10.1. The third kappa shape index (κ3) is 5.62. The highest BCUT2D eigenvalue weighted by molar-refractivity contribution is 7.92. The van der Waals surface area contributed by atoms with Crippen molar-refractivity contribution in [2.75, 3.05) is 11.3 Å². The molecule has 5 nitrogen and oxygen atoms in total. The van der Waals surface area contributed by atoms with Gasteiger partial charge in [0.05, 0.1) is 5.02 Å². The average molecular weight is 415 g/mol. The van der Waals surface area contributed by atoms with Gasteiger partial charge in [-0.1, -0.05) is 37.0 Å². The van der Waals surface area contributed by atoms with Crippen LogP contribution in [0.2, 0.25) is 10.0 Å². The molecule has 2 aromatic rings. The molecular formula is C18H20Cl2N2O3S. The Kier molecular flexibility index (Phi) is 6.92. The van der Waals surface area contributed by atoms with Gasteiger partial charge in [-0.25, -0.2) is 8.42 Å². The maximum absolute atomic E-state index is 12.5. The molecule has 0 bridgehead atoms. The zero-order chi connectivity index (χ0) is 19.3. The van der Waals surface area contributed by atoms with Gasteiger partial charge in [0.15, 0.2) is 0 Å². The Bertz CT molecular complexity index is 882. The van der Waals surface area contributed by atoms with Crippen LogP contribution >= 0.6 is 23.2 Å². The number of anilines is 1. The number of carbonyl (C=O) groups is 1. The van der Waals surface area contributed by atoms with Gasteiger partial charge in [-0.2, -0.15) is 0 Å². The van der Waals surface area contributed by atoms with E-state index in [1.54, 1.807) is 12.1 Å². The first-order chi connectivity index (χ1) is 12.2. The van der Waals surface area contributed by atoms with Crippen molar-refractivity contribution in [2.24, 2.45) is 5.92 Å². The molecule has 0 aliphatic heterocycles. The van der Waals surface area contributed by atoms with E-state index in [0.717, 1.165) is 6.42 Å². The summed E-state index contributed by atoms with van der Waals surface area (Å²) in [5.41, 5.74) is 0.775. The van der Waals surface area contributed by atoms with Gasteiger partial charge in [0.25, 0.3) is 15.9 Å². The molecule has 0 fully saturated rings. The summed E-state index contributed by atoms with van der Waals surface area (Å²) in [6.07, 6.45) is 0.893. The number of nitrogens with one attached hydrogen (secondary N) is 2.